The van der Waals surface area contributed by atoms with E-state index in [2.05, 4.69) is 128 Å². The van der Waals surface area contributed by atoms with Gasteiger partial charge in [-0.3, -0.25) is 56.7 Å². The summed E-state index contributed by atoms with van der Waals surface area (Å²) in [4.78, 5) is 93.2. The van der Waals surface area contributed by atoms with E-state index >= 15 is 0 Å². The summed E-state index contributed by atoms with van der Waals surface area (Å²) < 4.78 is 59.3. The van der Waals surface area contributed by atoms with Gasteiger partial charge in [0.1, 0.15) is 60.3 Å². The van der Waals surface area contributed by atoms with Crippen LogP contribution in [-0.2, 0) is 99.6 Å². The third-order valence-electron chi connectivity index (χ3n) is 22.1. The predicted molar refractivity (Wildman–Crippen MR) is 570 cm³/mol. The van der Waals surface area contributed by atoms with E-state index in [0.717, 1.165) is 122 Å². The number of rotatable bonds is 12. The second-order valence-electron chi connectivity index (χ2n) is 42.3. The van der Waals surface area contributed by atoms with Gasteiger partial charge in [-0.1, -0.05) is 251 Å². The average Bonchev–Trinajstić information content (AvgIpc) is 1.12. The normalized spacial score (nSPS) is 11.9. The fraction of sp³-hybridized carbons (Fsp3) is 0.269. The zero-order valence-corrected chi connectivity index (χ0v) is 97.9. The number of halogens is 4. The van der Waals surface area contributed by atoms with Crippen LogP contribution < -0.4 is 0 Å². The first kappa shape index (κ1) is 125. The molecule has 17 aromatic rings. The Hall–Kier alpha value is -13.0. The number of fused-ring (bicyclic) bond motifs is 5. The van der Waals surface area contributed by atoms with Crippen molar-refractivity contribution in [1.82, 2.24) is 59.4 Å². The Morgan fingerprint density at radius 3 is 0.966 bits per heavy atom. The van der Waals surface area contributed by atoms with Crippen LogP contribution in [0.5, 0.6) is 0 Å². The topological polar surface area (TPSA) is 309 Å². The van der Waals surface area contributed by atoms with Gasteiger partial charge in [-0.25, -0.2) is 34.9 Å². The summed E-state index contributed by atoms with van der Waals surface area (Å²) in [7, 11) is 0. The van der Waals surface area contributed by atoms with Gasteiger partial charge in [-0.2, -0.15) is 0 Å². The van der Waals surface area contributed by atoms with E-state index in [-0.39, 0.29) is 172 Å². The van der Waals surface area contributed by atoms with Crippen molar-refractivity contribution in [3.8, 4) is 84.4 Å². The SMILES string of the molecule is CC(C)(C)C(=O)C=C(O)C(C)(C)C.CC(C)(C)C(=O)C=C(O)C(C)(C)C.CC(C)(C)C(=O)C=C(O)C(C)(C)C.CC(C)(C)C(=O)C=C(O)C(C)(C)C.Fc1c[c-]c(-c2ncnc3cc(-c4cccc5ccccc45)ccc23)cc1.Fc1c[c-]c(-c2ncnc3cc(-c4cocn4)ccc23)cc1.Fc1c[c-]c(-c2ncnc3cc(-c4cscn4)ccc23)cc1.Fc1c[c-]c(-c2ncnc3cc(-n4ccnc4)ccc23)cc1.[Ir].[Ir].[Ir].[Ir]. The maximum atomic E-state index is 13.2. The Labute approximate surface area is 926 Å². The zero-order chi connectivity index (χ0) is 106. The minimum Gasteiger partial charge on any atom is -0.512 e. The number of ketones is 4. The molecule has 30 heteroatoms. The number of thiazole rings is 1. The van der Waals surface area contributed by atoms with E-state index in [0.29, 0.717) is 0 Å². The second-order valence-corrected chi connectivity index (χ2v) is 43.0. The summed E-state index contributed by atoms with van der Waals surface area (Å²) in [5, 5.41) is 46.3. The maximum Gasteiger partial charge on any atom is 0.181 e. The quantitative estimate of drug-likeness (QED) is 0.0382. The largest absolute Gasteiger partial charge is 0.512 e. The van der Waals surface area contributed by atoms with Crippen molar-refractivity contribution in [2.75, 3.05) is 0 Å². The predicted octanol–water partition coefficient (Wildman–Crippen LogP) is 30.1. The number of carbonyl (C=O) groups is 4. The van der Waals surface area contributed by atoms with Gasteiger partial charge in [0.05, 0.1) is 39.6 Å². The van der Waals surface area contributed by atoms with E-state index in [4.69, 9.17) is 4.42 Å². The molecule has 0 aliphatic heterocycles. The maximum absolute atomic E-state index is 13.2. The average molecular weight is 2740 g/mol. The molecule has 0 amide bonds. The Kier molecular flexibility index (Phi) is 45.2. The summed E-state index contributed by atoms with van der Waals surface area (Å²) in [5.41, 5.74) is 14.8. The summed E-state index contributed by atoms with van der Waals surface area (Å²) in [5.74, 6) is -0.845. The number of imidazole rings is 1. The van der Waals surface area contributed by atoms with Crippen LogP contribution in [0.1, 0.15) is 166 Å². The Bertz CT molecular complexity index is 6900. The number of hydrogen-bond donors (Lipinski definition) is 4. The smallest absolute Gasteiger partial charge is 0.181 e. The van der Waals surface area contributed by atoms with Crippen LogP contribution in [0.4, 0.5) is 17.6 Å². The molecule has 149 heavy (non-hydrogen) atoms. The Morgan fingerprint density at radius 2 is 0.664 bits per heavy atom. The third-order valence-corrected chi connectivity index (χ3v) is 22.7. The van der Waals surface area contributed by atoms with Gasteiger partial charge >= 0.3 is 0 Å². The van der Waals surface area contributed by atoms with E-state index in [9.17, 15) is 57.2 Å². The fourth-order valence-corrected chi connectivity index (χ4v) is 13.3. The van der Waals surface area contributed by atoms with Crippen LogP contribution in [0.25, 0.3) is 139 Å². The summed E-state index contributed by atoms with van der Waals surface area (Å²) >= 11 is 1.56. The van der Waals surface area contributed by atoms with Crippen LogP contribution in [0.15, 0.2) is 307 Å². The van der Waals surface area contributed by atoms with Crippen LogP contribution in [0.3, 0.4) is 0 Å². The van der Waals surface area contributed by atoms with Crippen molar-refractivity contribution in [3.05, 3.63) is 351 Å². The molecule has 0 bridgehead atoms. The van der Waals surface area contributed by atoms with Crippen LogP contribution in [-0.4, -0.2) is 103 Å². The van der Waals surface area contributed by atoms with Gasteiger partial charge in [0.25, 0.3) is 0 Å². The molecule has 7 heterocycles. The standard InChI is InChI=1S/C24H14FN2.C17H10FN4.C17H9FN3O.C17H9FN3S.4C11H20O2.4Ir/c25-19-11-8-17(9-12-19)24-22-13-10-18(14-23(22)26-15-27-24)21-7-3-5-16-4-1-2-6-20(16)21;18-13-3-1-12(2-4-13)17-15-6-5-14(22-8-7-19-11-22)9-16(15)20-10-21-17;2*18-13-4-1-11(2-5-13)17-14-6-3-12(16-8-22-10-21-16)7-15(14)19-9-20-17;4*1-10(2,3)8(12)7-9(13)11(4,5)6;;;;/h1-8,10-15H;1,3-11H;2*1,3-10H;4*7,12H,1-6H3;;;;/q4*-1;;;;;;;;. The summed E-state index contributed by atoms with van der Waals surface area (Å²) in [6, 6.07) is 67.7. The molecular weight excluding hydrogens is 2620 g/mol. The van der Waals surface area contributed by atoms with Crippen LogP contribution >= 0.6 is 11.3 Å². The number of allylic oxidation sites excluding steroid dienone is 8. The number of benzene rings is 10. The molecule has 17 rings (SSSR count). The first-order valence-corrected chi connectivity index (χ1v) is 47.6. The molecule has 4 N–H and O–H groups in total. The first-order chi connectivity index (χ1) is 67.9. The molecule has 0 spiro atoms. The molecule has 0 saturated carbocycles. The zero-order valence-electron chi connectivity index (χ0n) is 87.5. The molecule has 786 valence electrons. The van der Waals surface area contributed by atoms with Gasteiger partial charge in [0.15, 0.2) is 29.5 Å². The van der Waals surface area contributed by atoms with Crippen molar-refractivity contribution >= 4 is 88.9 Å². The molecule has 21 nitrogen and oxygen atoms in total. The van der Waals surface area contributed by atoms with Crippen molar-refractivity contribution in [2.45, 2.75) is 166 Å². The third kappa shape index (κ3) is 36.2. The van der Waals surface area contributed by atoms with Crippen LogP contribution in [0, 0.1) is 90.9 Å². The van der Waals surface area contributed by atoms with E-state index in [1.165, 1.54) is 115 Å². The van der Waals surface area contributed by atoms with E-state index in [1.807, 2.05) is 249 Å². The minimum atomic E-state index is -0.417. The van der Waals surface area contributed by atoms with Gasteiger partial charge in [-0.05, 0) is 96.6 Å². The fourth-order valence-electron chi connectivity index (χ4n) is 12.8. The van der Waals surface area contributed by atoms with Gasteiger partial charge in [-0.15, -0.1) is 131 Å². The molecule has 4 radical (unpaired) electrons. The number of aliphatic hydroxyl groups is 4. The molecule has 0 atom stereocenters. The Balaban J connectivity index is 0.000000263. The number of aromatic nitrogens is 12. The molecule has 0 saturated heterocycles. The van der Waals surface area contributed by atoms with E-state index in [1.54, 1.807) is 66.2 Å². The van der Waals surface area contributed by atoms with Crippen LogP contribution in [0.2, 0.25) is 0 Å². The van der Waals surface area contributed by atoms with Crippen molar-refractivity contribution < 1.29 is 142 Å². The Morgan fingerprint density at radius 1 is 0.342 bits per heavy atom. The first-order valence-electron chi connectivity index (χ1n) is 46.7. The van der Waals surface area contributed by atoms with Crippen molar-refractivity contribution in [1.29, 1.82) is 0 Å². The molecular formula is C119H122F4Ir4N12O9S-4. The number of aliphatic hydroxyl groups excluding tert-OH is 4. The van der Waals surface area contributed by atoms with Gasteiger partial charge in [0, 0.05) is 206 Å². The van der Waals surface area contributed by atoms with Crippen molar-refractivity contribution in [3.63, 3.8) is 0 Å². The van der Waals surface area contributed by atoms with Gasteiger partial charge in [0.2, 0.25) is 0 Å². The molecule has 10 aromatic carbocycles. The molecule has 0 aliphatic rings. The van der Waals surface area contributed by atoms with Crippen molar-refractivity contribution in [2.24, 2.45) is 43.3 Å². The second kappa shape index (κ2) is 54.0. The summed E-state index contributed by atoms with van der Waals surface area (Å²) in [6.07, 6.45) is 19.7. The molecule has 0 aliphatic carbocycles. The number of hydrogen-bond acceptors (Lipinski definition) is 21. The number of nitrogens with zero attached hydrogens (tertiary/aromatic N) is 12. The van der Waals surface area contributed by atoms with Gasteiger partial charge < -0.3 is 29.4 Å². The monoisotopic (exact) mass is 2740 g/mol. The van der Waals surface area contributed by atoms with E-state index < -0.39 is 21.7 Å². The number of oxazole rings is 1. The minimum absolute atomic E-state index is 0. The molecule has 0 unspecified atom stereocenters. The summed E-state index contributed by atoms with van der Waals surface area (Å²) in [6.45, 7) is 44.5. The number of carbonyl (C=O) groups excluding carboxylic acids is 4. The molecule has 0 fully saturated rings. The molecule has 7 aromatic heterocycles.